The van der Waals surface area contributed by atoms with Gasteiger partial charge < -0.3 is 10.2 Å². The van der Waals surface area contributed by atoms with Crippen molar-refractivity contribution in [2.24, 2.45) is 0 Å². The van der Waals surface area contributed by atoms with Gasteiger partial charge in [-0.15, -0.1) is 0 Å². The molecule has 36 heavy (non-hydrogen) atoms. The maximum atomic E-state index is 13.5. The van der Waals surface area contributed by atoms with E-state index in [2.05, 4.69) is 5.32 Å². The molecule has 1 N–H and O–H groups in total. The van der Waals surface area contributed by atoms with Crippen molar-refractivity contribution in [1.29, 1.82) is 0 Å². The molecule has 2 aromatic carbocycles. The average Bonchev–Trinajstić information content (AvgIpc) is 3.03. The third-order valence-electron chi connectivity index (χ3n) is 6.18. The number of nitrogens with one attached hydrogen (secondary N) is 1. The number of rotatable bonds is 10. The van der Waals surface area contributed by atoms with Crippen molar-refractivity contribution in [3.63, 3.8) is 0 Å². The Morgan fingerprint density at radius 2 is 1.78 bits per heavy atom. The van der Waals surface area contributed by atoms with E-state index in [0.717, 1.165) is 0 Å². The molecule has 0 aliphatic carbocycles. The molecule has 0 saturated heterocycles. The van der Waals surface area contributed by atoms with E-state index in [9.17, 15) is 22.8 Å². The SMILES string of the molecule is CC[C@H](C)NC(=O)[C@H](CC)N(Cc1ccc(Cl)cc1Cl)C(=O)CCN1C(=O)c2ccccc2S1(=O)=O. The molecule has 0 radical (unpaired) electrons. The molecule has 3 amide bonds. The zero-order valence-electron chi connectivity index (χ0n) is 20.3. The van der Waals surface area contributed by atoms with Crippen LogP contribution in [0.3, 0.4) is 0 Å². The second-order valence-electron chi connectivity index (χ2n) is 8.63. The van der Waals surface area contributed by atoms with E-state index in [-0.39, 0.29) is 41.9 Å². The maximum Gasteiger partial charge on any atom is 0.269 e. The second-order valence-corrected chi connectivity index (χ2v) is 11.3. The maximum absolute atomic E-state index is 13.5. The van der Waals surface area contributed by atoms with Crippen molar-refractivity contribution in [3.05, 3.63) is 63.6 Å². The van der Waals surface area contributed by atoms with Gasteiger partial charge in [0.25, 0.3) is 15.9 Å². The normalized spacial score (nSPS) is 15.8. The molecule has 1 aliphatic rings. The zero-order chi connectivity index (χ0) is 26.6. The summed E-state index contributed by atoms with van der Waals surface area (Å²) in [7, 11) is -4.05. The molecule has 0 unspecified atom stereocenters. The van der Waals surface area contributed by atoms with Gasteiger partial charge in [-0.05, 0) is 49.6 Å². The Labute approximate surface area is 221 Å². The van der Waals surface area contributed by atoms with Crippen LogP contribution in [-0.4, -0.2) is 54.0 Å². The van der Waals surface area contributed by atoms with Gasteiger partial charge in [-0.3, -0.25) is 14.4 Å². The lowest BCUT2D eigenvalue weighted by Crippen LogP contribution is -2.51. The highest BCUT2D eigenvalue weighted by Crippen LogP contribution is 2.30. The number of sulfonamides is 1. The van der Waals surface area contributed by atoms with Gasteiger partial charge in [0.2, 0.25) is 11.8 Å². The van der Waals surface area contributed by atoms with Crippen LogP contribution in [0.25, 0.3) is 0 Å². The Bertz CT molecular complexity index is 1270. The summed E-state index contributed by atoms with van der Waals surface area (Å²) in [5.41, 5.74) is 0.663. The molecule has 0 saturated carbocycles. The van der Waals surface area contributed by atoms with E-state index < -0.39 is 27.9 Å². The summed E-state index contributed by atoms with van der Waals surface area (Å²) >= 11 is 12.4. The Balaban J connectivity index is 1.86. The first-order valence-electron chi connectivity index (χ1n) is 11.7. The molecule has 2 atom stereocenters. The predicted octanol–water partition coefficient (Wildman–Crippen LogP) is 4.25. The summed E-state index contributed by atoms with van der Waals surface area (Å²) < 4.78 is 26.5. The highest BCUT2D eigenvalue weighted by atomic mass is 35.5. The standard InChI is InChI=1S/C25H29Cl2N3O5S/c1-4-16(3)28-24(32)21(5-2)29(15-17-10-11-18(26)14-20(17)27)23(31)12-13-30-25(33)19-8-6-7-9-22(19)36(30,34)35/h6-11,14,16,21H,4-5,12-13,15H2,1-3H3,(H,28,32)/t16-,21-/m0/s1. The Morgan fingerprint density at radius 3 is 2.39 bits per heavy atom. The number of amides is 3. The van der Waals surface area contributed by atoms with Crippen molar-refractivity contribution in [2.75, 3.05) is 6.54 Å². The van der Waals surface area contributed by atoms with E-state index in [1.54, 1.807) is 31.2 Å². The fourth-order valence-electron chi connectivity index (χ4n) is 3.99. The molecule has 0 spiro atoms. The Morgan fingerprint density at radius 1 is 1.08 bits per heavy atom. The minimum atomic E-state index is -4.05. The summed E-state index contributed by atoms with van der Waals surface area (Å²) in [6, 6.07) is 9.89. The minimum Gasteiger partial charge on any atom is -0.352 e. The summed E-state index contributed by atoms with van der Waals surface area (Å²) in [5.74, 6) is -1.47. The van der Waals surface area contributed by atoms with Crippen LogP contribution in [0.5, 0.6) is 0 Å². The lowest BCUT2D eigenvalue weighted by atomic mass is 10.1. The van der Waals surface area contributed by atoms with Gasteiger partial charge in [-0.1, -0.05) is 55.2 Å². The van der Waals surface area contributed by atoms with Gasteiger partial charge in [0, 0.05) is 35.6 Å². The first-order valence-corrected chi connectivity index (χ1v) is 13.9. The van der Waals surface area contributed by atoms with Gasteiger partial charge in [0.05, 0.1) is 5.56 Å². The highest BCUT2D eigenvalue weighted by Gasteiger charge is 2.41. The van der Waals surface area contributed by atoms with E-state index in [0.29, 0.717) is 32.8 Å². The lowest BCUT2D eigenvalue weighted by molar-refractivity contribution is -0.141. The van der Waals surface area contributed by atoms with Crippen LogP contribution >= 0.6 is 23.2 Å². The first-order chi connectivity index (χ1) is 17.0. The van der Waals surface area contributed by atoms with Crippen LogP contribution < -0.4 is 5.32 Å². The van der Waals surface area contributed by atoms with Crippen LogP contribution in [0.2, 0.25) is 10.0 Å². The Kier molecular flexibility index (Phi) is 9.03. The minimum absolute atomic E-state index is 0.0161. The van der Waals surface area contributed by atoms with Crippen molar-refractivity contribution in [3.8, 4) is 0 Å². The van der Waals surface area contributed by atoms with Crippen molar-refractivity contribution in [2.45, 2.75) is 63.6 Å². The number of carbonyl (C=O) groups is 3. The van der Waals surface area contributed by atoms with Gasteiger partial charge in [-0.25, -0.2) is 12.7 Å². The number of nitrogens with zero attached hydrogens (tertiary/aromatic N) is 2. The van der Waals surface area contributed by atoms with Gasteiger partial charge in [-0.2, -0.15) is 0 Å². The first kappa shape index (κ1) is 28.0. The topological polar surface area (TPSA) is 104 Å². The molecule has 1 heterocycles. The molecule has 8 nitrogen and oxygen atoms in total. The van der Waals surface area contributed by atoms with E-state index >= 15 is 0 Å². The third-order valence-corrected chi connectivity index (χ3v) is 8.61. The van der Waals surface area contributed by atoms with Crippen molar-refractivity contribution < 1.29 is 22.8 Å². The van der Waals surface area contributed by atoms with Gasteiger partial charge in [0.15, 0.2) is 0 Å². The molecular weight excluding hydrogens is 525 g/mol. The highest BCUT2D eigenvalue weighted by molar-refractivity contribution is 7.90. The third kappa shape index (κ3) is 5.85. The summed E-state index contributed by atoms with van der Waals surface area (Å²) in [5, 5.41) is 3.68. The number of hydrogen-bond acceptors (Lipinski definition) is 5. The lowest BCUT2D eigenvalue weighted by Gasteiger charge is -2.32. The molecule has 194 valence electrons. The number of benzene rings is 2. The molecule has 0 fully saturated rings. The smallest absolute Gasteiger partial charge is 0.269 e. The zero-order valence-corrected chi connectivity index (χ0v) is 22.7. The van der Waals surface area contributed by atoms with Crippen LogP contribution in [-0.2, 0) is 26.2 Å². The van der Waals surface area contributed by atoms with Crippen molar-refractivity contribution >= 4 is 50.9 Å². The van der Waals surface area contributed by atoms with Crippen LogP contribution in [0.15, 0.2) is 47.4 Å². The number of fused-ring (bicyclic) bond motifs is 1. The fourth-order valence-corrected chi connectivity index (χ4v) is 6.02. The average molecular weight is 554 g/mol. The molecular formula is C25H29Cl2N3O5S. The summed E-state index contributed by atoms with van der Waals surface area (Å²) in [6.07, 6.45) is 0.748. The number of hydrogen-bond donors (Lipinski definition) is 1. The van der Waals surface area contributed by atoms with E-state index in [1.807, 2.05) is 13.8 Å². The largest absolute Gasteiger partial charge is 0.352 e. The molecule has 11 heteroatoms. The molecule has 0 bridgehead atoms. The molecule has 3 rings (SSSR count). The summed E-state index contributed by atoms with van der Waals surface area (Å²) in [6.45, 7) is 5.27. The fraction of sp³-hybridized carbons (Fsp3) is 0.400. The van der Waals surface area contributed by atoms with Crippen LogP contribution in [0.4, 0.5) is 0 Å². The molecule has 1 aliphatic heterocycles. The quantitative estimate of drug-likeness (QED) is 0.473. The monoisotopic (exact) mass is 553 g/mol. The van der Waals surface area contributed by atoms with E-state index in [4.69, 9.17) is 23.2 Å². The van der Waals surface area contributed by atoms with Crippen LogP contribution in [0, 0.1) is 0 Å². The number of carbonyl (C=O) groups excluding carboxylic acids is 3. The Hall–Kier alpha value is -2.62. The van der Waals surface area contributed by atoms with E-state index in [1.165, 1.54) is 23.1 Å². The van der Waals surface area contributed by atoms with Gasteiger partial charge in [0.1, 0.15) is 10.9 Å². The molecule has 0 aromatic heterocycles. The predicted molar refractivity (Wildman–Crippen MR) is 138 cm³/mol. The van der Waals surface area contributed by atoms with Crippen LogP contribution in [0.1, 0.15) is 56.0 Å². The molecule has 2 aromatic rings. The van der Waals surface area contributed by atoms with Crippen molar-refractivity contribution in [1.82, 2.24) is 14.5 Å². The number of halogens is 2. The van der Waals surface area contributed by atoms with Gasteiger partial charge >= 0.3 is 0 Å². The summed E-state index contributed by atoms with van der Waals surface area (Å²) in [4.78, 5) is 40.6. The second kappa shape index (κ2) is 11.6.